The van der Waals surface area contributed by atoms with E-state index in [4.69, 9.17) is 4.74 Å². The fraction of sp³-hybridized carbons (Fsp3) is 0.562. The van der Waals surface area contributed by atoms with Crippen molar-refractivity contribution in [3.8, 4) is 5.75 Å². The summed E-state index contributed by atoms with van der Waals surface area (Å²) in [5.74, 6) is 0.600. The zero-order valence-electron chi connectivity index (χ0n) is 12.9. The van der Waals surface area contributed by atoms with Crippen LogP contribution in [0.25, 0.3) is 0 Å². The van der Waals surface area contributed by atoms with Crippen molar-refractivity contribution < 1.29 is 13.9 Å². The first-order valence-electron chi connectivity index (χ1n) is 7.52. The summed E-state index contributed by atoms with van der Waals surface area (Å²) in [5, 5.41) is 3.21. The number of hydrogen-bond donors (Lipinski definition) is 1. The van der Waals surface area contributed by atoms with Gasteiger partial charge in [-0.25, -0.2) is 4.39 Å². The summed E-state index contributed by atoms with van der Waals surface area (Å²) in [6.07, 6.45) is 0.625. The van der Waals surface area contributed by atoms with Crippen LogP contribution in [0.1, 0.15) is 26.3 Å². The molecule has 1 aliphatic rings. The van der Waals surface area contributed by atoms with E-state index >= 15 is 0 Å². The third-order valence-electron chi connectivity index (χ3n) is 3.86. The second-order valence-electron chi connectivity index (χ2n) is 5.34. The number of nitrogens with one attached hydrogen (secondary N) is 1. The number of hydrogen-bond acceptors (Lipinski definition) is 3. The van der Waals surface area contributed by atoms with E-state index in [1.54, 1.807) is 11.0 Å². The standard InChI is InChI=1S/C16H23FN2O2/c1-4-19(5-2)16(20)11(3)18-10-14-9-12-8-13(17)6-7-15(12)21-14/h6-8,11,14,18H,4-5,9-10H2,1-3H3. The van der Waals surface area contributed by atoms with E-state index in [1.165, 1.54) is 12.1 Å². The highest BCUT2D eigenvalue weighted by Gasteiger charge is 2.25. The molecule has 0 radical (unpaired) electrons. The summed E-state index contributed by atoms with van der Waals surface area (Å²) in [5.41, 5.74) is 0.893. The average Bonchev–Trinajstić information content (AvgIpc) is 2.87. The van der Waals surface area contributed by atoms with Crippen molar-refractivity contribution in [1.82, 2.24) is 10.2 Å². The molecule has 1 aliphatic heterocycles. The van der Waals surface area contributed by atoms with E-state index < -0.39 is 0 Å². The zero-order chi connectivity index (χ0) is 15.4. The molecular weight excluding hydrogens is 271 g/mol. The van der Waals surface area contributed by atoms with Gasteiger partial charge in [-0.15, -0.1) is 0 Å². The Morgan fingerprint density at radius 2 is 2.19 bits per heavy atom. The summed E-state index contributed by atoms with van der Waals surface area (Å²) >= 11 is 0. The molecule has 2 unspecified atom stereocenters. The predicted molar refractivity (Wildman–Crippen MR) is 79.9 cm³/mol. The normalized spacial score (nSPS) is 18.0. The molecule has 0 saturated heterocycles. The Hall–Kier alpha value is -1.62. The van der Waals surface area contributed by atoms with E-state index in [1.807, 2.05) is 20.8 Å². The molecule has 1 amide bonds. The lowest BCUT2D eigenvalue weighted by molar-refractivity contribution is -0.132. The van der Waals surface area contributed by atoms with Crippen LogP contribution in [0.4, 0.5) is 4.39 Å². The van der Waals surface area contributed by atoms with Gasteiger partial charge in [-0.2, -0.15) is 0 Å². The molecule has 0 aromatic heterocycles. The highest BCUT2D eigenvalue weighted by molar-refractivity contribution is 5.81. The van der Waals surface area contributed by atoms with Gasteiger partial charge in [0.15, 0.2) is 0 Å². The van der Waals surface area contributed by atoms with E-state index in [2.05, 4.69) is 5.32 Å². The van der Waals surface area contributed by atoms with Gasteiger partial charge in [-0.3, -0.25) is 4.79 Å². The molecule has 2 atom stereocenters. The first kappa shape index (κ1) is 15.8. The van der Waals surface area contributed by atoms with E-state index in [9.17, 15) is 9.18 Å². The fourth-order valence-electron chi connectivity index (χ4n) is 2.61. The van der Waals surface area contributed by atoms with Crippen molar-refractivity contribution in [3.63, 3.8) is 0 Å². The molecule has 0 saturated carbocycles. The van der Waals surface area contributed by atoms with E-state index in [0.717, 1.165) is 11.3 Å². The van der Waals surface area contributed by atoms with Crippen LogP contribution in [0.2, 0.25) is 0 Å². The van der Waals surface area contributed by atoms with Gasteiger partial charge in [0.1, 0.15) is 17.7 Å². The van der Waals surface area contributed by atoms with Crippen molar-refractivity contribution in [2.24, 2.45) is 0 Å². The zero-order valence-corrected chi connectivity index (χ0v) is 12.9. The topological polar surface area (TPSA) is 41.6 Å². The SMILES string of the molecule is CCN(CC)C(=O)C(C)NCC1Cc2cc(F)ccc2O1. The van der Waals surface area contributed by atoms with Crippen LogP contribution in [0.5, 0.6) is 5.75 Å². The molecule has 21 heavy (non-hydrogen) atoms. The van der Waals surface area contributed by atoms with E-state index in [-0.39, 0.29) is 23.9 Å². The van der Waals surface area contributed by atoms with Gasteiger partial charge in [0.25, 0.3) is 0 Å². The molecule has 0 fully saturated rings. The minimum atomic E-state index is -0.242. The minimum Gasteiger partial charge on any atom is -0.488 e. The summed E-state index contributed by atoms with van der Waals surface area (Å²) in [6, 6.07) is 4.34. The Morgan fingerprint density at radius 1 is 1.48 bits per heavy atom. The van der Waals surface area contributed by atoms with Crippen molar-refractivity contribution in [1.29, 1.82) is 0 Å². The highest BCUT2D eigenvalue weighted by atomic mass is 19.1. The average molecular weight is 294 g/mol. The van der Waals surface area contributed by atoms with Gasteiger partial charge in [-0.05, 0) is 39.0 Å². The number of rotatable bonds is 6. The number of benzene rings is 1. The molecule has 0 bridgehead atoms. The monoisotopic (exact) mass is 294 g/mol. The first-order valence-corrected chi connectivity index (χ1v) is 7.52. The van der Waals surface area contributed by atoms with Crippen LogP contribution in [-0.2, 0) is 11.2 Å². The molecule has 5 heteroatoms. The number of carbonyl (C=O) groups is 1. The van der Waals surface area contributed by atoms with Gasteiger partial charge in [0, 0.05) is 31.6 Å². The van der Waals surface area contributed by atoms with Gasteiger partial charge in [-0.1, -0.05) is 0 Å². The number of ether oxygens (including phenoxy) is 1. The maximum Gasteiger partial charge on any atom is 0.239 e. The van der Waals surface area contributed by atoms with Gasteiger partial charge in [0.2, 0.25) is 5.91 Å². The van der Waals surface area contributed by atoms with Crippen molar-refractivity contribution in [3.05, 3.63) is 29.6 Å². The number of fused-ring (bicyclic) bond motifs is 1. The molecule has 1 aromatic carbocycles. The summed E-state index contributed by atoms with van der Waals surface area (Å²) in [4.78, 5) is 13.9. The summed E-state index contributed by atoms with van der Waals surface area (Å²) in [7, 11) is 0. The van der Waals surface area contributed by atoms with Gasteiger partial charge >= 0.3 is 0 Å². The largest absolute Gasteiger partial charge is 0.488 e. The molecule has 4 nitrogen and oxygen atoms in total. The van der Waals surface area contributed by atoms with Gasteiger partial charge in [0.05, 0.1) is 6.04 Å². The third-order valence-corrected chi connectivity index (χ3v) is 3.86. The van der Waals surface area contributed by atoms with Crippen LogP contribution in [0.15, 0.2) is 18.2 Å². The predicted octanol–water partition coefficient (Wildman–Crippen LogP) is 1.98. The molecule has 1 aromatic rings. The lowest BCUT2D eigenvalue weighted by Gasteiger charge is -2.24. The van der Waals surface area contributed by atoms with Crippen molar-refractivity contribution in [2.45, 2.75) is 39.3 Å². The van der Waals surface area contributed by atoms with Gasteiger partial charge < -0.3 is 15.0 Å². The molecule has 0 spiro atoms. The lowest BCUT2D eigenvalue weighted by atomic mass is 10.1. The Balaban J connectivity index is 1.84. The molecular formula is C16H23FN2O2. The summed E-state index contributed by atoms with van der Waals surface area (Å²) in [6.45, 7) is 7.81. The van der Waals surface area contributed by atoms with Crippen molar-refractivity contribution >= 4 is 5.91 Å². The minimum absolute atomic E-state index is 0.0475. The third kappa shape index (κ3) is 3.73. The number of amides is 1. The Kier molecular flexibility index (Phi) is 5.17. The molecule has 0 aliphatic carbocycles. The smallest absolute Gasteiger partial charge is 0.239 e. The number of likely N-dealkylation sites (N-methyl/N-ethyl adjacent to an activating group) is 1. The second kappa shape index (κ2) is 6.89. The van der Waals surface area contributed by atoms with Crippen LogP contribution < -0.4 is 10.1 Å². The van der Waals surface area contributed by atoms with Crippen LogP contribution >= 0.6 is 0 Å². The molecule has 116 valence electrons. The quantitative estimate of drug-likeness (QED) is 0.872. The Bertz CT molecular complexity index is 503. The lowest BCUT2D eigenvalue weighted by Crippen LogP contribution is -2.47. The van der Waals surface area contributed by atoms with Crippen molar-refractivity contribution in [2.75, 3.05) is 19.6 Å². The fourth-order valence-corrected chi connectivity index (χ4v) is 2.61. The number of carbonyl (C=O) groups excluding carboxylic acids is 1. The highest BCUT2D eigenvalue weighted by Crippen LogP contribution is 2.28. The number of nitrogens with zero attached hydrogens (tertiary/aromatic N) is 1. The van der Waals surface area contributed by atoms with E-state index in [0.29, 0.717) is 26.1 Å². The second-order valence-corrected chi connectivity index (χ2v) is 5.34. The Labute approximate surface area is 125 Å². The van der Waals surface area contributed by atoms with Crippen LogP contribution in [0, 0.1) is 5.82 Å². The first-order chi connectivity index (χ1) is 10.0. The number of halogens is 1. The summed E-state index contributed by atoms with van der Waals surface area (Å²) < 4.78 is 18.9. The molecule has 1 N–H and O–H groups in total. The Morgan fingerprint density at radius 3 is 2.86 bits per heavy atom. The van der Waals surface area contributed by atoms with Crippen LogP contribution in [0.3, 0.4) is 0 Å². The van der Waals surface area contributed by atoms with Crippen LogP contribution in [-0.4, -0.2) is 42.6 Å². The maximum atomic E-state index is 13.2. The molecule has 2 rings (SSSR count). The maximum absolute atomic E-state index is 13.2. The molecule has 1 heterocycles.